The SMILES string of the molecule is O=[SH](=O)C1CN1.[LiH]. The van der Waals surface area contributed by atoms with Gasteiger partial charge in [-0.15, -0.1) is 0 Å². The molecule has 0 bridgehead atoms. The molecular weight excluding hydrogens is 109 g/mol. The molecule has 1 aliphatic rings. The summed E-state index contributed by atoms with van der Waals surface area (Å²) in [6, 6.07) is 0. The molecule has 0 aromatic heterocycles. The summed E-state index contributed by atoms with van der Waals surface area (Å²) in [6.45, 7) is 0.651. The Balaban J connectivity index is 0.000000360. The van der Waals surface area contributed by atoms with Gasteiger partial charge in [-0.05, 0) is 0 Å². The molecule has 5 heteroatoms. The van der Waals surface area contributed by atoms with E-state index in [4.69, 9.17) is 0 Å². The fraction of sp³-hybridized carbons (Fsp3) is 1.00. The van der Waals surface area contributed by atoms with Crippen molar-refractivity contribution in [1.29, 1.82) is 0 Å². The van der Waals surface area contributed by atoms with Crippen LogP contribution >= 0.6 is 0 Å². The summed E-state index contributed by atoms with van der Waals surface area (Å²) < 4.78 is 19.5. The average molecular weight is 115 g/mol. The zero-order valence-corrected chi connectivity index (χ0v) is 3.94. The van der Waals surface area contributed by atoms with Crippen LogP contribution in [0.1, 0.15) is 0 Å². The fourth-order valence-electron chi connectivity index (χ4n) is 0.202. The van der Waals surface area contributed by atoms with Gasteiger partial charge in [0.1, 0.15) is 5.37 Å². The van der Waals surface area contributed by atoms with E-state index in [0.717, 1.165) is 0 Å². The average Bonchev–Trinajstić information content (AvgIpc) is 2.06. The Morgan fingerprint density at radius 2 is 2.00 bits per heavy atom. The summed E-state index contributed by atoms with van der Waals surface area (Å²) in [7, 11) is -2.16. The number of hydrogen-bond acceptors (Lipinski definition) is 3. The van der Waals surface area contributed by atoms with Crippen molar-refractivity contribution in [2.75, 3.05) is 6.54 Å². The number of thiol groups is 1. The van der Waals surface area contributed by atoms with E-state index in [2.05, 4.69) is 5.32 Å². The molecular formula is C2H6LiNO2S. The second-order valence-electron chi connectivity index (χ2n) is 1.21. The van der Waals surface area contributed by atoms with Crippen molar-refractivity contribution in [3.05, 3.63) is 0 Å². The van der Waals surface area contributed by atoms with Crippen LogP contribution in [0.25, 0.3) is 0 Å². The zero-order chi connectivity index (χ0) is 4.57. The third-order valence-corrected chi connectivity index (χ3v) is 1.52. The van der Waals surface area contributed by atoms with Gasteiger partial charge in [0.25, 0.3) is 0 Å². The minimum atomic E-state index is -2.16. The predicted molar refractivity (Wildman–Crippen MR) is 29.3 cm³/mol. The first kappa shape index (κ1) is 7.51. The van der Waals surface area contributed by atoms with E-state index in [1.807, 2.05) is 0 Å². The molecule has 0 amide bonds. The molecule has 7 heavy (non-hydrogen) atoms. The summed E-state index contributed by atoms with van der Waals surface area (Å²) >= 11 is 0. The molecule has 1 saturated heterocycles. The van der Waals surface area contributed by atoms with Gasteiger partial charge in [-0.3, -0.25) is 5.32 Å². The Morgan fingerprint density at radius 3 is 2.00 bits per heavy atom. The molecule has 0 radical (unpaired) electrons. The molecule has 0 aromatic rings. The third kappa shape index (κ3) is 2.35. The van der Waals surface area contributed by atoms with Gasteiger partial charge < -0.3 is 0 Å². The van der Waals surface area contributed by atoms with Crippen LogP contribution in [-0.4, -0.2) is 39.2 Å². The molecule has 1 unspecified atom stereocenters. The van der Waals surface area contributed by atoms with Crippen LogP contribution in [0.2, 0.25) is 0 Å². The predicted octanol–water partition coefficient (Wildman–Crippen LogP) is -2.12. The van der Waals surface area contributed by atoms with Gasteiger partial charge in [0.2, 0.25) is 0 Å². The first-order chi connectivity index (χ1) is 2.80. The van der Waals surface area contributed by atoms with Crippen molar-refractivity contribution in [3.63, 3.8) is 0 Å². The summed E-state index contributed by atoms with van der Waals surface area (Å²) in [5, 5.41) is 2.44. The maximum atomic E-state index is 9.74. The van der Waals surface area contributed by atoms with Crippen LogP contribution in [0.15, 0.2) is 0 Å². The summed E-state index contributed by atoms with van der Waals surface area (Å²) in [4.78, 5) is 0. The molecule has 0 spiro atoms. The van der Waals surface area contributed by atoms with Gasteiger partial charge >= 0.3 is 18.9 Å². The van der Waals surface area contributed by atoms with Gasteiger partial charge in [0, 0.05) is 6.54 Å². The number of nitrogens with one attached hydrogen (secondary N) is 1. The maximum absolute atomic E-state index is 9.74. The molecule has 1 N–H and O–H groups in total. The topological polar surface area (TPSA) is 56.1 Å². The zero-order valence-electron chi connectivity index (χ0n) is 3.05. The second kappa shape index (κ2) is 2.73. The summed E-state index contributed by atoms with van der Waals surface area (Å²) in [5.41, 5.74) is 0. The van der Waals surface area contributed by atoms with Crippen LogP contribution in [-0.2, 0) is 10.7 Å². The molecule has 1 rings (SSSR count). The first-order valence-electron chi connectivity index (χ1n) is 1.67. The Kier molecular flexibility index (Phi) is 2.92. The van der Waals surface area contributed by atoms with Crippen molar-refractivity contribution in [2.24, 2.45) is 0 Å². The molecule has 0 aromatic carbocycles. The molecule has 38 valence electrons. The standard InChI is InChI=1S/C2H5NO2S.Li.H/c4-6(5)2-1-3-2;;/h2-3,6H,1H2;;. The minimum absolute atomic E-state index is 0. The second-order valence-corrected chi connectivity index (χ2v) is 2.40. The van der Waals surface area contributed by atoms with E-state index in [1.165, 1.54) is 0 Å². The quantitative estimate of drug-likeness (QED) is 0.233. The van der Waals surface area contributed by atoms with E-state index in [0.29, 0.717) is 6.54 Å². The summed E-state index contributed by atoms with van der Waals surface area (Å²) in [6.07, 6.45) is 0. The van der Waals surface area contributed by atoms with Gasteiger partial charge in [0.05, 0.1) is 0 Å². The molecule has 1 aliphatic heterocycles. The van der Waals surface area contributed by atoms with Crippen LogP contribution in [0.3, 0.4) is 0 Å². The van der Waals surface area contributed by atoms with E-state index < -0.39 is 10.7 Å². The van der Waals surface area contributed by atoms with E-state index in [-0.39, 0.29) is 24.2 Å². The molecule has 1 fully saturated rings. The van der Waals surface area contributed by atoms with Crippen LogP contribution in [0, 0.1) is 0 Å². The van der Waals surface area contributed by atoms with Gasteiger partial charge in [-0.2, -0.15) is 0 Å². The van der Waals surface area contributed by atoms with Crippen LogP contribution in [0.5, 0.6) is 0 Å². The number of rotatable bonds is 1. The van der Waals surface area contributed by atoms with Crippen molar-refractivity contribution in [3.8, 4) is 0 Å². The fourth-order valence-corrected chi connectivity index (χ4v) is 0.605. The summed E-state index contributed by atoms with van der Waals surface area (Å²) in [5.74, 6) is 0. The van der Waals surface area contributed by atoms with Gasteiger partial charge in [-0.1, -0.05) is 0 Å². The van der Waals surface area contributed by atoms with Crippen molar-refractivity contribution in [1.82, 2.24) is 5.32 Å². The Morgan fingerprint density at radius 1 is 1.57 bits per heavy atom. The Bertz CT molecular complexity index is 111. The normalized spacial score (nSPS) is 26.7. The first-order valence-corrected chi connectivity index (χ1v) is 2.92. The van der Waals surface area contributed by atoms with Crippen molar-refractivity contribution in [2.45, 2.75) is 5.37 Å². The molecule has 1 heterocycles. The molecule has 1 atom stereocenters. The Labute approximate surface area is 55.6 Å². The van der Waals surface area contributed by atoms with Crippen LogP contribution in [0.4, 0.5) is 0 Å². The number of hydrogen-bond donors (Lipinski definition) is 2. The van der Waals surface area contributed by atoms with Crippen molar-refractivity contribution >= 4 is 29.6 Å². The van der Waals surface area contributed by atoms with Gasteiger partial charge in [-0.25, -0.2) is 8.42 Å². The van der Waals surface area contributed by atoms with Crippen molar-refractivity contribution < 1.29 is 8.42 Å². The molecule has 0 saturated carbocycles. The monoisotopic (exact) mass is 115 g/mol. The van der Waals surface area contributed by atoms with E-state index >= 15 is 0 Å². The Hall–Kier alpha value is 0.507. The third-order valence-electron chi connectivity index (χ3n) is 0.641. The van der Waals surface area contributed by atoms with E-state index in [1.54, 1.807) is 0 Å². The van der Waals surface area contributed by atoms with E-state index in [9.17, 15) is 8.42 Å². The molecule has 0 aliphatic carbocycles. The van der Waals surface area contributed by atoms with Gasteiger partial charge in [0.15, 0.2) is 10.7 Å². The van der Waals surface area contributed by atoms with Crippen LogP contribution < -0.4 is 5.32 Å². The molecule has 3 nitrogen and oxygen atoms in total.